The summed E-state index contributed by atoms with van der Waals surface area (Å²) in [4.78, 5) is 18.4. The fourth-order valence-corrected chi connectivity index (χ4v) is 3.56. The zero-order valence-electron chi connectivity index (χ0n) is 12.8. The highest BCUT2D eigenvalue weighted by molar-refractivity contribution is 7.09. The highest BCUT2D eigenvalue weighted by Crippen LogP contribution is 2.31. The Balaban J connectivity index is 1.62. The summed E-state index contributed by atoms with van der Waals surface area (Å²) in [5, 5.41) is 5.72. The van der Waals surface area contributed by atoms with Crippen LogP contribution in [-0.4, -0.2) is 36.1 Å². The van der Waals surface area contributed by atoms with Crippen molar-refractivity contribution in [3.63, 3.8) is 0 Å². The molecule has 1 aromatic heterocycles. The number of halogens is 1. The van der Waals surface area contributed by atoms with Gasteiger partial charge < -0.3 is 15.0 Å². The maximum atomic E-state index is 13.9. The average molecular weight is 335 g/mol. The van der Waals surface area contributed by atoms with Gasteiger partial charge in [0.25, 0.3) is 0 Å². The highest BCUT2D eigenvalue weighted by Gasteiger charge is 2.26. The van der Waals surface area contributed by atoms with Gasteiger partial charge in [-0.1, -0.05) is 6.07 Å². The van der Waals surface area contributed by atoms with Gasteiger partial charge in [0.15, 0.2) is 5.82 Å². The minimum Gasteiger partial charge on any atom is -0.494 e. The number of methoxy groups -OCH3 is 1. The number of hydrogen-bond donors (Lipinski definition) is 1. The summed E-state index contributed by atoms with van der Waals surface area (Å²) in [5.74, 6) is 0.216. The molecule has 0 spiro atoms. The van der Waals surface area contributed by atoms with Crippen molar-refractivity contribution in [3.05, 3.63) is 40.6 Å². The van der Waals surface area contributed by atoms with Gasteiger partial charge in [0.2, 0.25) is 0 Å². The van der Waals surface area contributed by atoms with Gasteiger partial charge in [-0.25, -0.2) is 14.2 Å². The van der Waals surface area contributed by atoms with Crippen LogP contribution in [0.1, 0.15) is 23.8 Å². The van der Waals surface area contributed by atoms with Crippen LogP contribution in [0.15, 0.2) is 29.8 Å². The standard InChI is InChI=1S/C16H18FN3O2S/c1-22-13-4-2-3-12(17)14(13)19-16(21)20-8-5-11(6-9-20)15-18-7-10-23-15/h2-4,7,10-11H,5-6,8-9H2,1H3,(H,19,21). The minimum absolute atomic E-state index is 0.0852. The minimum atomic E-state index is -0.504. The molecular weight excluding hydrogens is 317 g/mol. The first-order valence-corrected chi connectivity index (χ1v) is 8.35. The molecule has 2 aromatic rings. The smallest absolute Gasteiger partial charge is 0.322 e. The van der Waals surface area contributed by atoms with Gasteiger partial charge in [0, 0.05) is 30.6 Å². The monoisotopic (exact) mass is 335 g/mol. The second kappa shape index (κ2) is 6.95. The van der Waals surface area contributed by atoms with Crippen LogP contribution in [0, 0.1) is 5.82 Å². The third-order valence-corrected chi connectivity index (χ3v) is 4.95. The van der Waals surface area contributed by atoms with Crippen molar-refractivity contribution < 1.29 is 13.9 Å². The molecule has 0 aliphatic carbocycles. The number of amides is 2. The zero-order chi connectivity index (χ0) is 16.2. The van der Waals surface area contributed by atoms with E-state index in [2.05, 4.69) is 10.3 Å². The molecule has 0 bridgehead atoms. The normalized spacial score (nSPS) is 15.5. The molecule has 122 valence electrons. The Morgan fingerprint density at radius 3 is 2.87 bits per heavy atom. The first-order chi connectivity index (χ1) is 11.2. The summed E-state index contributed by atoms with van der Waals surface area (Å²) < 4.78 is 19.0. The summed E-state index contributed by atoms with van der Waals surface area (Å²) in [7, 11) is 1.45. The number of nitrogens with one attached hydrogen (secondary N) is 1. The summed E-state index contributed by atoms with van der Waals surface area (Å²) >= 11 is 1.65. The molecule has 2 heterocycles. The van der Waals surface area contributed by atoms with Gasteiger partial charge >= 0.3 is 6.03 Å². The molecule has 7 heteroatoms. The Labute approximate surface area is 138 Å². The predicted molar refractivity (Wildman–Crippen MR) is 87.6 cm³/mol. The number of aromatic nitrogens is 1. The molecule has 0 atom stereocenters. The number of urea groups is 1. The van der Waals surface area contributed by atoms with Crippen LogP contribution in [0.2, 0.25) is 0 Å². The van der Waals surface area contributed by atoms with Crippen molar-refractivity contribution in [2.24, 2.45) is 0 Å². The van der Waals surface area contributed by atoms with E-state index in [-0.39, 0.29) is 11.7 Å². The molecule has 0 radical (unpaired) electrons. The van der Waals surface area contributed by atoms with E-state index in [0.717, 1.165) is 17.8 Å². The Bertz CT molecular complexity index is 670. The Kier molecular flexibility index (Phi) is 4.76. The van der Waals surface area contributed by atoms with E-state index in [1.54, 1.807) is 28.4 Å². The van der Waals surface area contributed by atoms with Crippen LogP contribution < -0.4 is 10.1 Å². The molecule has 0 unspecified atom stereocenters. The van der Waals surface area contributed by atoms with Gasteiger partial charge in [-0.2, -0.15) is 0 Å². The molecule has 5 nitrogen and oxygen atoms in total. The van der Waals surface area contributed by atoms with Gasteiger partial charge in [-0.15, -0.1) is 11.3 Å². The van der Waals surface area contributed by atoms with E-state index in [4.69, 9.17) is 4.74 Å². The summed E-state index contributed by atoms with van der Waals surface area (Å²) in [5.41, 5.74) is 0.0852. The second-order valence-electron chi connectivity index (χ2n) is 5.38. The van der Waals surface area contributed by atoms with Crippen LogP contribution >= 0.6 is 11.3 Å². The summed E-state index contributed by atoms with van der Waals surface area (Å²) in [6.45, 7) is 1.26. The van der Waals surface area contributed by atoms with Crippen molar-refractivity contribution in [3.8, 4) is 5.75 Å². The number of rotatable bonds is 3. The first-order valence-electron chi connectivity index (χ1n) is 7.47. The molecule has 1 aromatic carbocycles. The molecule has 1 aliphatic heterocycles. The predicted octanol–water partition coefficient (Wildman–Crippen LogP) is 3.70. The Hall–Kier alpha value is -2.15. The van der Waals surface area contributed by atoms with E-state index in [0.29, 0.717) is 24.8 Å². The number of ether oxygens (including phenoxy) is 1. The maximum absolute atomic E-state index is 13.9. The van der Waals surface area contributed by atoms with E-state index in [1.807, 2.05) is 11.6 Å². The Morgan fingerprint density at radius 1 is 1.43 bits per heavy atom. The lowest BCUT2D eigenvalue weighted by Gasteiger charge is -2.31. The lowest BCUT2D eigenvalue weighted by atomic mass is 9.98. The maximum Gasteiger partial charge on any atom is 0.322 e. The Morgan fingerprint density at radius 2 is 2.22 bits per heavy atom. The highest BCUT2D eigenvalue weighted by atomic mass is 32.1. The van der Waals surface area contributed by atoms with Gasteiger partial charge in [-0.3, -0.25) is 0 Å². The van der Waals surface area contributed by atoms with Crippen LogP contribution in [0.4, 0.5) is 14.9 Å². The fourth-order valence-electron chi connectivity index (χ4n) is 2.75. The number of carbonyl (C=O) groups excluding carboxylic acids is 1. The number of likely N-dealkylation sites (tertiary alicyclic amines) is 1. The third-order valence-electron chi connectivity index (χ3n) is 4.01. The van der Waals surface area contributed by atoms with Crippen molar-refractivity contribution in [1.82, 2.24) is 9.88 Å². The van der Waals surface area contributed by atoms with Crippen LogP contribution in [0.5, 0.6) is 5.75 Å². The average Bonchev–Trinajstić information content (AvgIpc) is 3.11. The number of thiazole rings is 1. The molecule has 1 fully saturated rings. The molecule has 0 saturated carbocycles. The van der Waals surface area contributed by atoms with E-state index < -0.39 is 5.82 Å². The van der Waals surface area contributed by atoms with Gasteiger partial charge in [0.05, 0.1) is 12.1 Å². The molecule has 1 N–H and O–H groups in total. The number of para-hydroxylation sites is 1. The molecular formula is C16H18FN3O2S. The first kappa shape index (κ1) is 15.7. The number of anilines is 1. The van der Waals surface area contributed by atoms with E-state index in [9.17, 15) is 9.18 Å². The number of piperidine rings is 1. The van der Waals surface area contributed by atoms with Crippen LogP contribution in [0.25, 0.3) is 0 Å². The fraction of sp³-hybridized carbons (Fsp3) is 0.375. The summed E-state index contributed by atoms with van der Waals surface area (Å²) in [6.07, 6.45) is 3.55. The topological polar surface area (TPSA) is 54.5 Å². The van der Waals surface area contributed by atoms with Crippen LogP contribution in [-0.2, 0) is 0 Å². The van der Waals surface area contributed by atoms with Gasteiger partial charge in [-0.05, 0) is 25.0 Å². The molecule has 2 amide bonds. The number of benzene rings is 1. The largest absolute Gasteiger partial charge is 0.494 e. The second-order valence-corrected chi connectivity index (χ2v) is 6.31. The quantitative estimate of drug-likeness (QED) is 0.930. The van der Waals surface area contributed by atoms with E-state index in [1.165, 1.54) is 13.2 Å². The molecule has 3 rings (SSSR count). The number of nitrogens with zero attached hydrogens (tertiary/aromatic N) is 2. The lowest BCUT2D eigenvalue weighted by Crippen LogP contribution is -2.40. The molecule has 23 heavy (non-hydrogen) atoms. The number of hydrogen-bond acceptors (Lipinski definition) is 4. The molecule has 1 saturated heterocycles. The lowest BCUT2D eigenvalue weighted by molar-refractivity contribution is 0.194. The van der Waals surface area contributed by atoms with Crippen molar-refractivity contribution in [2.45, 2.75) is 18.8 Å². The third kappa shape index (κ3) is 3.44. The van der Waals surface area contributed by atoms with Gasteiger partial charge in [0.1, 0.15) is 11.4 Å². The van der Waals surface area contributed by atoms with Crippen molar-refractivity contribution >= 4 is 23.1 Å². The van der Waals surface area contributed by atoms with Crippen molar-refractivity contribution in [2.75, 3.05) is 25.5 Å². The van der Waals surface area contributed by atoms with Crippen molar-refractivity contribution in [1.29, 1.82) is 0 Å². The molecule has 1 aliphatic rings. The SMILES string of the molecule is COc1cccc(F)c1NC(=O)N1CCC(c2nccs2)CC1. The van der Waals surface area contributed by atoms with Crippen LogP contribution in [0.3, 0.4) is 0 Å². The zero-order valence-corrected chi connectivity index (χ0v) is 13.6. The summed E-state index contributed by atoms with van der Waals surface area (Å²) in [6, 6.07) is 4.16. The number of carbonyl (C=O) groups is 1. The van der Waals surface area contributed by atoms with E-state index >= 15 is 0 Å².